The Kier molecular flexibility index (Phi) is 30.1. The molecule has 0 bridgehead atoms. The summed E-state index contributed by atoms with van der Waals surface area (Å²) in [5.41, 5.74) is 1.15. The average Bonchev–Trinajstić information content (AvgIpc) is 4.28. The minimum atomic E-state index is -2.04. The normalized spacial score (nSPS) is 32.0. The number of rotatable bonds is 4. The summed E-state index contributed by atoms with van der Waals surface area (Å²) in [6, 6.07) is 2.20. The highest BCUT2D eigenvalue weighted by molar-refractivity contribution is 6.74. The van der Waals surface area contributed by atoms with Crippen molar-refractivity contribution in [1.29, 1.82) is 0 Å². The molecule has 6 atom stereocenters. The van der Waals surface area contributed by atoms with Gasteiger partial charge in [0.1, 0.15) is 0 Å². The van der Waals surface area contributed by atoms with Gasteiger partial charge < -0.3 is 70.8 Å². The van der Waals surface area contributed by atoms with Gasteiger partial charge in [-0.2, -0.15) is 0 Å². The van der Waals surface area contributed by atoms with Crippen molar-refractivity contribution in [2.75, 3.05) is 66.1 Å². The van der Waals surface area contributed by atoms with E-state index in [0.29, 0.717) is 47.7 Å². The molecule has 0 radical (unpaired) electrons. The lowest BCUT2D eigenvalue weighted by molar-refractivity contribution is 0.110. The van der Waals surface area contributed by atoms with Gasteiger partial charge in [0.25, 0.3) is 0 Å². The Labute approximate surface area is 504 Å². The molecule has 8 saturated heterocycles. The number of hydrogen-bond acceptors (Lipinski definition) is 16. The van der Waals surface area contributed by atoms with E-state index in [1.807, 2.05) is 0 Å². The first-order chi connectivity index (χ1) is 37.6. The van der Waals surface area contributed by atoms with E-state index in [0.717, 1.165) is 84.6 Å². The Morgan fingerprint density at radius 3 is 0.790 bits per heavy atom. The Morgan fingerprint density at radius 2 is 0.568 bits per heavy atom. The van der Waals surface area contributed by atoms with Crippen LogP contribution < -0.4 is 0 Å². The van der Waals surface area contributed by atoms with E-state index in [1.165, 1.54) is 77.0 Å². The van der Waals surface area contributed by atoms with Crippen LogP contribution in [0.25, 0.3) is 0 Å². The van der Waals surface area contributed by atoms with Gasteiger partial charge in [-0.15, -0.1) is 0 Å². The van der Waals surface area contributed by atoms with Crippen molar-refractivity contribution in [2.24, 2.45) is 0 Å². The highest BCUT2D eigenvalue weighted by Crippen LogP contribution is 2.53. The molecule has 8 aliphatic heterocycles. The van der Waals surface area contributed by atoms with Crippen LogP contribution in [0.3, 0.4) is 0 Å². The minimum Gasteiger partial charge on any atom is -0.394 e. The smallest absolute Gasteiger partial charge is 0.349 e. The minimum absolute atomic E-state index is 0.155. The predicted octanol–water partition coefficient (Wildman–Crippen LogP) is 14.9. The quantitative estimate of drug-likeness (QED) is 0.246. The zero-order chi connectivity index (χ0) is 60.6. The van der Waals surface area contributed by atoms with Gasteiger partial charge in [-0.25, -0.2) is 0 Å². The average molecular weight is 1290 g/mol. The summed E-state index contributed by atoms with van der Waals surface area (Å²) in [6.07, 6.45) is 19.1. The largest absolute Gasteiger partial charge is 0.394 e. The molecule has 480 valence electrons. The van der Waals surface area contributed by atoms with Crippen LogP contribution in [0.15, 0.2) is 0 Å². The van der Waals surface area contributed by atoms with Gasteiger partial charge in [0.2, 0.25) is 0 Å². The van der Waals surface area contributed by atoms with Crippen molar-refractivity contribution in [1.82, 2.24) is 0 Å². The van der Waals surface area contributed by atoms with Gasteiger partial charge in [0, 0.05) is 23.3 Å². The van der Waals surface area contributed by atoms with Crippen LogP contribution in [0.5, 0.6) is 0 Å². The topological polar surface area (TPSA) is 148 Å². The zero-order valence-corrected chi connectivity index (χ0v) is 63.8. The molecule has 11 fully saturated rings. The Morgan fingerprint density at radius 1 is 0.309 bits per heavy atom. The van der Waals surface area contributed by atoms with E-state index in [4.69, 9.17) is 70.8 Å². The summed E-state index contributed by atoms with van der Waals surface area (Å²) < 4.78 is 91.1. The third kappa shape index (κ3) is 23.8. The maximum Gasteiger partial charge on any atom is 0.349 e. The summed E-state index contributed by atoms with van der Waals surface area (Å²) in [7, 11) is -13.5. The highest BCUT2D eigenvalue weighted by Gasteiger charge is 2.60. The molecule has 8 heterocycles. The molecule has 0 aromatic carbocycles. The molecule has 81 heavy (non-hydrogen) atoms. The maximum atomic E-state index is 5.99. The van der Waals surface area contributed by atoms with Gasteiger partial charge in [-0.3, -0.25) is 0 Å². The lowest BCUT2D eigenvalue weighted by Crippen LogP contribution is -2.53. The third-order valence-electron chi connectivity index (χ3n) is 16.6. The third-order valence-corrected chi connectivity index (χ3v) is 38.8. The fraction of sp³-hybridized carbons (Fsp3) is 1.00. The van der Waals surface area contributed by atoms with Gasteiger partial charge in [0.05, 0.1) is 89.5 Å². The first-order valence-electron chi connectivity index (χ1n) is 32.0. The fourth-order valence-electron chi connectivity index (χ4n) is 13.0. The maximum absolute atomic E-state index is 5.99. The van der Waals surface area contributed by atoms with Crippen molar-refractivity contribution in [3.8, 4) is 0 Å². The molecule has 16 nitrogen and oxygen atoms in total. The van der Waals surface area contributed by atoms with Crippen LogP contribution in [-0.2, 0) is 70.8 Å². The van der Waals surface area contributed by atoms with Gasteiger partial charge in [0.15, 0.2) is 0 Å². The van der Waals surface area contributed by atoms with E-state index >= 15 is 0 Å². The molecule has 0 aromatic rings. The molecule has 3 saturated carbocycles. The van der Waals surface area contributed by atoms with Crippen LogP contribution in [0.2, 0.25) is 98.7 Å². The Hall–Kier alpha value is 1.10. The van der Waals surface area contributed by atoms with E-state index < -0.39 is 68.5 Å². The molecule has 0 spiro atoms. The monoisotopic (exact) mass is 1290 g/mol. The van der Waals surface area contributed by atoms with Crippen LogP contribution in [0.1, 0.15) is 167 Å². The van der Waals surface area contributed by atoms with E-state index in [-0.39, 0.29) is 10.1 Å². The highest BCUT2D eigenvalue weighted by atomic mass is 28.4. The first kappa shape index (κ1) is 74.6. The van der Waals surface area contributed by atoms with Crippen LogP contribution in [-0.4, -0.2) is 171 Å². The molecule has 3 aliphatic carbocycles. The molecular weight excluding hydrogens is 1170 g/mol. The summed E-state index contributed by atoms with van der Waals surface area (Å²) in [6.45, 7) is 55.9. The second-order valence-corrected chi connectivity index (χ2v) is 57.9. The number of hydrogen-bond donors (Lipinski definition) is 0. The van der Waals surface area contributed by atoms with Gasteiger partial charge in [-0.05, 0) is 140 Å². The molecule has 11 rings (SSSR count). The molecular formula is C57H124O16Si8. The van der Waals surface area contributed by atoms with Gasteiger partial charge in [-0.1, -0.05) is 115 Å². The first-order valence-corrected chi connectivity index (χ1v) is 52.1. The molecule has 0 aromatic heterocycles. The lowest BCUT2D eigenvalue weighted by atomic mass is 9.95. The molecule has 6 unspecified atom stereocenters. The van der Waals surface area contributed by atoms with Crippen molar-refractivity contribution in [3.05, 3.63) is 0 Å². The molecule has 0 amide bonds. The standard InChI is InChI=1S/C10H22O2Si.C9H18O2Si.C8H16O2Si.C8H18O2Si.C7H14O2Si.C6H14O2Si.C5H12O2Si.C4H10O2Si/c1-9(2,3)13(10(4,5)6)11-7-8-12-13;1-12(2)10-8-6-4-3-5-7-9(8)11-12;1-11(2)9-7-5-3-4-6-8(7)10-11;1-7(2)11(8(3)4)9-5-6-10-11;1-10(2)8-6-4-3-5-7(6)9-10;1-3-9(4-2)7-5-6-8-9;1-8(2)6-4-3-5-7-8;1-7(2)5-3-4-6-7/h7-8H2,1-6H3;8-9H,3-7H2,1-2H3;7-8H,3-6H2,1-2H3;7-8H,5-6H2,1-4H3;6-7H,3-5H2,1-2H3;3-6H2,1-2H3;3-5H2,1-2H3;3-4H2,1-2H3. The van der Waals surface area contributed by atoms with Crippen LogP contribution in [0.4, 0.5) is 0 Å². The molecule has 11 aliphatic rings. The summed E-state index contributed by atoms with van der Waals surface area (Å²) in [5, 5.41) is 0.309. The van der Waals surface area contributed by atoms with Crippen molar-refractivity contribution < 1.29 is 70.8 Å². The van der Waals surface area contributed by atoms with Crippen molar-refractivity contribution >= 4 is 68.5 Å². The summed E-state index contributed by atoms with van der Waals surface area (Å²) in [4.78, 5) is 0. The van der Waals surface area contributed by atoms with E-state index in [2.05, 4.69) is 149 Å². The molecule has 0 N–H and O–H groups in total. The zero-order valence-electron chi connectivity index (χ0n) is 55.8. The van der Waals surface area contributed by atoms with E-state index in [1.54, 1.807) is 0 Å². The lowest BCUT2D eigenvalue weighted by Gasteiger charge is -2.45. The van der Waals surface area contributed by atoms with Gasteiger partial charge >= 0.3 is 68.5 Å². The second kappa shape index (κ2) is 32.7. The van der Waals surface area contributed by atoms with E-state index in [9.17, 15) is 0 Å². The Bertz CT molecular complexity index is 1670. The van der Waals surface area contributed by atoms with Crippen LogP contribution in [0, 0.1) is 0 Å². The van der Waals surface area contributed by atoms with Crippen LogP contribution >= 0.6 is 0 Å². The molecule has 24 heteroatoms. The summed E-state index contributed by atoms with van der Waals surface area (Å²) >= 11 is 0. The Balaban J connectivity index is 0.000000200. The summed E-state index contributed by atoms with van der Waals surface area (Å²) in [5.74, 6) is 0. The SMILES string of the molecule is CC(C)(C)[Si]1(C(C)(C)C)OCCO1.CC(C)[Si]1(C(C)C)OCCO1.CC[Si]1(CC)OCCO1.C[Si]1(C)OC2CCCC2O1.C[Si]1(C)OC2CCCCC2O1.C[Si]1(C)OC2CCCCCC2O1.C[Si]1(C)OCCCO1.C[Si]1(C)OCCO1. The number of fused-ring (bicyclic) bond motifs is 3. The fourth-order valence-corrected chi connectivity index (χ4v) is 32.4. The predicted molar refractivity (Wildman–Crippen MR) is 344 cm³/mol. The second-order valence-electron chi connectivity index (χ2n) is 28.4. The van der Waals surface area contributed by atoms with Crippen molar-refractivity contribution in [2.45, 2.75) is 302 Å². The van der Waals surface area contributed by atoms with Crippen molar-refractivity contribution in [3.63, 3.8) is 0 Å².